The average Bonchev–Trinajstić information content (AvgIpc) is 3.15. The highest BCUT2D eigenvalue weighted by atomic mass is 32.1. The van der Waals surface area contributed by atoms with Crippen molar-refractivity contribution in [2.45, 2.75) is 0 Å². The smallest absolute Gasteiger partial charge is 0.203 e. The van der Waals surface area contributed by atoms with E-state index in [9.17, 15) is 0 Å². The first-order chi connectivity index (χ1) is 13.2. The molecule has 136 valence electrons. The van der Waals surface area contributed by atoms with Crippen LogP contribution < -0.4 is 14.2 Å². The number of fused-ring (bicyclic) bond motifs is 3. The molecule has 0 radical (unpaired) electrons. The molecule has 0 fully saturated rings. The molecule has 0 amide bonds. The summed E-state index contributed by atoms with van der Waals surface area (Å²) in [7, 11) is 4.84. The van der Waals surface area contributed by atoms with Gasteiger partial charge in [0.2, 0.25) is 5.75 Å². The highest BCUT2D eigenvalue weighted by Crippen LogP contribution is 2.40. The molecule has 5 heteroatoms. The van der Waals surface area contributed by atoms with Gasteiger partial charge in [0.1, 0.15) is 5.01 Å². The number of aromatic nitrogens is 1. The van der Waals surface area contributed by atoms with Crippen LogP contribution >= 0.6 is 11.3 Å². The topological polar surface area (TPSA) is 40.6 Å². The van der Waals surface area contributed by atoms with Crippen LogP contribution in [0.25, 0.3) is 33.1 Å². The Balaban J connectivity index is 1.76. The molecule has 0 saturated carbocycles. The molecule has 0 saturated heterocycles. The molecule has 4 aromatic rings. The molecule has 4 rings (SSSR count). The summed E-state index contributed by atoms with van der Waals surface area (Å²) in [5, 5.41) is 3.32. The van der Waals surface area contributed by atoms with Crippen LogP contribution in [0.4, 0.5) is 0 Å². The molecular weight excluding hydrogens is 358 g/mol. The largest absolute Gasteiger partial charge is 0.493 e. The third kappa shape index (κ3) is 3.11. The third-order valence-corrected chi connectivity index (χ3v) is 5.43. The normalized spacial score (nSPS) is 11.4. The van der Waals surface area contributed by atoms with Crippen molar-refractivity contribution in [3.8, 4) is 17.2 Å². The maximum Gasteiger partial charge on any atom is 0.203 e. The van der Waals surface area contributed by atoms with Gasteiger partial charge in [0.15, 0.2) is 11.5 Å². The molecule has 0 bridgehead atoms. The van der Waals surface area contributed by atoms with Crippen molar-refractivity contribution in [3.05, 3.63) is 59.1 Å². The van der Waals surface area contributed by atoms with Crippen molar-refractivity contribution in [2.24, 2.45) is 0 Å². The minimum Gasteiger partial charge on any atom is -0.493 e. The second-order valence-corrected chi connectivity index (χ2v) is 7.00. The van der Waals surface area contributed by atoms with Gasteiger partial charge in [0.05, 0.1) is 31.5 Å². The Bertz CT molecular complexity index is 1150. The summed E-state index contributed by atoms with van der Waals surface area (Å²) >= 11 is 1.67. The number of rotatable bonds is 5. The summed E-state index contributed by atoms with van der Waals surface area (Å²) in [5.41, 5.74) is 1.94. The van der Waals surface area contributed by atoms with E-state index in [0.717, 1.165) is 16.1 Å². The van der Waals surface area contributed by atoms with Gasteiger partial charge >= 0.3 is 0 Å². The Hall–Kier alpha value is -3.05. The second kappa shape index (κ2) is 7.29. The Morgan fingerprint density at radius 2 is 1.63 bits per heavy atom. The molecular formula is C22H19NO3S. The molecule has 0 aliphatic heterocycles. The Labute approximate surface area is 161 Å². The summed E-state index contributed by atoms with van der Waals surface area (Å²) in [6, 6.07) is 16.4. The van der Waals surface area contributed by atoms with E-state index in [0.29, 0.717) is 17.2 Å². The van der Waals surface area contributed by atoms with Gasteiger partial charge in [-0.15, -0.1) is 11.3 Å². The fourth-order valence-corrected chi connectivity index (χ4v) is 4.05. The Morgan fingerprint density at radius 1 is 0.815 bits per heavy atom. The maximum absolute atomic E-state index is 5.54. The number of nitrogens with zero attached hydrogens (tertiary/aromatic N) is 1. The minimum atomic E-state index is 0.581. The van der Waals surface area contributed by atoms with E-state index in [2.05, 4.69) is 24.3 Å². The first-order valence-electron chi connectivity index (χ1n) is 8.50. The second-order valence-electron chi connectivity index (χ2n) is 5.94. The van der Waals surface area contributed by atoms with Crippen LogP contribution in [0.3, 0.4) is 0 Å². The number of thiazole rings is 1. The minimum absolute atomic E-state index is 0.581. The van der Waals surface area contributed by atoms with Crippen LogP contribution in [0.5, 0.6) is 17.2 Å². The van der Waals surface area contributed by atoms with Crippen LogP contribution in [-0.4, -0.2) is 26.3 Å². The van der Waals surface area contributed by atoms with Crippen LogP contribution in [-0.2, 0) is 0 Å². The fraction of sp³-hybridized carbons (Fsp3) is 0.136. The summed E-state index contributed by atoms with van der Waals surface area (Å²) < 4.78 is 17.5. The predicted octanol–water partition coefficient (Wildman–Crippen LogP) is 5.65. The van der Waals surface area contributed by atoms with Gasteiger partial charge in [-0.1, -0.05) is 30.3 Å². The molecule has 4 nitrogen and oxygen atoms in total. The molecule has 0 spiro atoms. The Kier molecular flexibility index (Phi) is 4.69. The van der Waals surface area contributed by atoms with E-state index in [1.165, 1.54) is 15.5 Å². The number of methoxy groups -OCH3 is 3. The molecule has 0 aliphatic carbocycles. The van der Waals surface area contributed by atoms with E-state index in [-0.39, 0.29) is 0 Å². The quantitative estimate of drug-likeness (QED) is 0.451. The molecule has 27 heavy (non-hydrogen) atoms. The molecule has 1 aromatic heterocycles. The lowest BCUT2D eigenvalue weighted by molar-refractivity contribution is 0.324. The van der Waals surface area contributed by atoms with Gasteiger partial charge in [-0.25, -0.2) is 4.98 Å². The average molecular weight is 377 g/mol. The van der Waals surface area contributed by atoms with Gasteiger partial charge in [-0.05, 0) is 35.7 Å². The van der Waals surface area contributed by atoms with E-state index in [4.69, 9.17) is 19.2 Å². The number of hydrogen-bond donors (Lipinski definition) is 0. The van der Waals surface area contributed by atoms with E-state index in [1.807, 2.05) is 36.4 Å². The zero-order valence-electron chi connectivity index (χ0n) is 15.4. The van der Waals surface area contributed by atoms with Gasteiger partial charge in [-0.2, -0.15) is 0 Å². The van der Waals surface area contributed by atoms with Gasteiger partial charge in [0.25, 0.3) is 0 Å². The lowest BCUT2D eigenvalue weighted by atomic mass is 10.1. The Morgan fingerprint density at radius 3 is 2.41 bits per heavy atom. The third-order valence-electron chi connectivity index (χ3n) is 4.44. The maximum atomic E-state index is 5.54. The SMILES string of the molecule is COc1ccc(/C=C/c2nc3c(ccc4ccccc43)s2)c(OC)c1OC. The number of hydrogen-bond acceptors (Lipinski definition) is 5. The van der Waals surface area contributed by atoms with Crippen molar-refractivity contribution in [2.75, 3.05) is 21.3 Å². The lowest BCUT2D eigenvalue weighted by Gasteiger charge is -2.13. The molecule has 0 N–H and O–H groups in total. The summed E-state index contributed by atoms with van der Waals surface area (Å²) in [5.74, 6) is 1.86. The first-order valence-corrected chi connectivity index (χ1v) is 9.32. The van der Waals surface area contributed by atoms with Crippen molar-refractivity contribution in [3.63, 3.8) is 0 Å². The van der Waals surface area contributed by atoms with Crippen molar-refractivity contribution >= 4 is 44.5 Å². The van der Waals surface area contributed by atoms with Crippen molar-refractivity contribution in [1.82, 2.24) is 4.98 Å². The molecule has 1 heterocycles. The van der Waals surface area contributed by atoms with Crippen LogP contribution in [0, 0.1) is 0 Å². The number of ether oxygens (including phenoxy) is 3. The first kappa shape index (κ1) is 17.4. The van der Waals surface area contributed by atoms with Crippen LogP contribution in [0.1, 0.15) is 10.6 Å². The predicted molar refractivity (Wildman–Crippen MR) is 112 cm³/mol. The highest BCUT2D eigenvalue weighted by Gasteiger charge is 2.14. The molecule has 3 aromatic carbocycles. The lowest BCUT2D eigenvalue weighted by Crippen LogP contribution is -1.96. The van der Waals surface area contributed by atoms with Gasteiger partial charge in [0, 0.05) is 10.9 Å². The molecule has 0 aliphatic rings. The zero-order chi connectivity index (χ0) is 18.8. The highest BCUT2D eigenvalue weighted by molar-refractivity contribution is 7.19. The monoisotopic (exact) mass is 377 g/mol. The van der Waals surface area contributed by atoms with E-state index in [1.54, 1.807) is 32.7 Å². The van der Waals surface area contributed by atoms with Crippen LogP contribution in [0.2, 0.25) is 0 Å². The van der Waals surface area contributed by atoms with E-state index < -0.39 is 0 Å². The van der Waals surface area contributed by atoms with Crippen molar-refractivity contribution in [1.29, 1.82) is 0 Å². The van der Waals surface area contributed by atoms with Crippen LogP contribution in [0.15, 0.2) is 48.5 Å². The van der Waals surface area contributed by atoms with Gasteiger partial charge < -0.3 is 14.2 Å². The number of benzene rings is 3. The summed E-state index contributed by atoms with van der Waals surface area (Å²) in [6.45, 7) is 0. The van der Waals surface area contributed by atoms with Crippen molar-refractivity contribution < 1.29 is 14.2 Å². The zero-order valence-corrected chi connectivity index (χ0v) is 16.2. The molecule has 0 atom stereocenters. The standard InChI is InChI=1S/C22H19NO3S/c1-24-17-11-8-15(21(25-2)22(17)26-3)10-13-19-23-20-16-7-5-4-6-14(16)9-12-18(20)27-19/h4-13H,1-3H3/b13-10+. The summed E-state index contributed by atoms with van der Waals surface area (Å²) in [4.78, 5) is 4.82. The fourth-order valence-electron chi connectivity index (χ4n) is 3.17. The van der Waals surface area contributed by atoms with Gasteiger partial charge in [-0.3, -0.25) is 0 Å². The van der Waals surface area contributed by atoms with E-state index >= 15 is 0 Å². The summed E-state index contributed by atoms with van der Waals surface area (Å²) in [6.07, 6.45) is 3.99. The molecule has 0 unspecified atom stereocenters.